The van der Waals surface area contributed by atoms with Gasteiger partial charge >= 0.3 is 0 Å². The fraction of sp³-hybridized carbons (Fsp3) is 0.571. The number of nitrogens with one attached hydrogen (secondary N) is 1. The van der Waals surface area contributed by atoms with Crippen molar-refractivity contribution < 1.29 is 4.74 Å². The summed E-state index contributed by atoms with van der Waals surface area (Å²) in [5, 5.41) is 3.18. The maximum Gasteiger partial charge on any atom is 0.122 e. The fourth-order valence-corrected chi connectivity index (χ4v) is 2.25. The Balaban J connectivity index is 1.86. The van der Waals surface area contributed by atoms with Gasteiger partial charge in [-0.3, -0.25) is 0 Å². The molecule has 3 heteroatoms. The number of nitrogens with zero attached hydrogens (tertiary/aromatic N) is 1. The van der Waals surface area contributed by atoms with E-state index in [1.54, 1.807) is 0 Å². The minimum Gasteiger partial charge on any atom is -0.493 e. The van der Waals surface area contributed by atoms with E-state index in [2.05, 4.69) is 35.5 Å². The van der Waals surface area contributed by atoms with E-state index in [-0.39, 0.29) is 0 Å². The van der Waals surface area contributed by atoms with Crippen molar-refractivity contribution in [3.05, 3.63) is 29.3 Å². The molecule has 2 rings (SSSR count). The third-order valence-electron chi connectivity index (χ3n) is 3.17. The highest BCUT2D eigenvalue weighted by molar-refractivity contribution is 5.39. The highest BCUT2D eigenvalue weighted by atomic mass is 16.5. The van der Waals surface area contributed by atoms with E-state index >= 15 is 0 Å². The number of ether oxygens (including phenoxy) is 1. The Kier molecular flexibility index (Phi) is 4.40. The van der Waals surface area contributed by atoms with Crippen LogP contribution in [0.5, 0.6) is 5.75 Å². The molecule has 1 aromatic rings. The highest BCUT2D eigenvalue weighted by Gasteiger charge is 2.12. The summed E-state index contributed by atoms with van der Waals surface area (Å²) in [4.78, 5) is 2.37. The van der Waals surface area contributed by atoms with Crippen LogP contribution < -0.4 is 10.1 Å². The average molecular weight is 234 g/mol. The smallest absolute Gasteiger partial charge is 0.122 e. The van der Waals surface area contributed by atoms with E-state index in [0.29, 0.717) is 0 Å². The monoisotopic (exact) mass is 234 g/mol. The van der Waals surface area contributed by atoms with Crippen LogP contribution in [0, 0.1) is 0 Å². The van der Waals surface area contributed by atoms with Crippen LogP contribution >= 0.6 is 0 Å². The van der Waals surface area contributed by atoms with Crippen molar-refractivity contribution in [3.63, 3.8) is 0 Å². The fourth-order valence-electron chi connectivity index (χ4n) is 2.25. The zero-order chi connectivity index (χ0) is 12.1. The minimum atomic E-state index is 0.844. The summed E-state index contributed by atoms with van der Waals surface area (Å²) in [6.45, 7) is 4.09. The van der Waals surface area contributed by atoms with E-state index in [4.69, 9.17) is 4.74 Å². The molecular weight excluding hydrogens is 212 g/mol. The zero-order valence-corrected chi connectivity index (χ0v) is 10.8. The van der Waals surface area contributed by atoms with E-state index in [9.17, 15) is 0 Å². The Bertz CT molecular complexity index is 365. The lowest BCUT2D eigenvalue weighted by molar-refractivity contribution is 0.321. The molecule has 0 aromatic heterocycles. The standard InChI is InChI=1S/C14H22N2O/c1-15-7-3-8-16(2)11-12-4-5-14-13(10-12)6-9-17-14/h4-5,10,15H,3,6-9,11H2,1-2H3. The van der Waals surface area contributed by atoms with Crippen molar-refractivity contribution in [2.75, 3.05) is 33.8 Å². The molecule has 0 aliphatic carbocycles. The zero-order valence-electron chi connectivity index (χ0n) is 10.8. The Morgan fingerprint density at radius 1 is 1.41 bits per heavy atom. The van der Waals surface area contributed by atoms with Crippen molar-refractivity contribution in [2.24, 2.45) is 0 Å². The van der Waals surface area contributed by atoms with E-state index < -0.39 is 0 Å². The first-order valence-electron chi connectivity index (χ1n) is 6.37. The van der Waals surface area contributed by atoms with E-state index in [1.807, 2.05) is 7.05 Å². The average Bonchev–Trinajstić information content (AvgIpc) is 2.76. The Morgan fingerprint density at radius 3 is 3.12 bits per heavy atom. The number of fused-ring (bicyclic) bond motifs is 1. The Hall–Kier alpha value is -1.06. The van der Waals surface area contributed by atoms with Crippen LogP contribution in [0.1, 0.15) is 17.5 Å². The van der Waals surface area contributed by atoms with Gasteiger partial charge in [0.05, 0.1) is 6.61 Å². The van der Waals surface area contributed by atoms with Crippen LogP contribution in [0.3, 0.4) is 0 Å². The number of hydrogen-bond donors (Lipinski definition) is 1. The molecule has 0 atom stereocenters. The van der Waals surface area contributed by atoms with Gasteiger partial charge in [0.1, 0.15) is 5.75 Å². The molecule has 0 saturated carbocycles. The molecule has 0 unspecified atom stereocenters. The highest BCUT2D eigenvalue weighted by Crippen LogP contribution is 2.26. The Labute approximate surface area is 104 Å². The van der Waals surface area contributed by atoms with Gasteiger partial charge in [0.15, 0.2) is 0 Å². The molecule has 1 aliphatic rings. The van der Waals surface area contributed by atoms with Gasteiger partial charge in [-0.15, -0.1) is 0 Å². The van der Waals surface area contributed by atoms with Crippen LogP contribution in [0.15, 0.2) is 18.2 Å². The van der Waals surface area contributed by atoms with Crippen molar-refractivity contribution >= 4 is 0 Å². The first-order chi connectivity index (χ1) is 8.29. The number of benzene rings is 1. The molecule has 17 heavy (non-hydrogen) atoms. The topological polar surface area (TPSA) is 24.5 Å². The second-order valence-corrected chi connectivity index (χ2v) is 4.74. The number of rotatable bonds is 6. The van der Waals surface area contributed by atoms with Crippen LogP contribution in [-0.4, -0.2) is 38.7 Å². The van der Waals surface area contributed by atoms with Gasteiger partial charge in [-0.2, -0.15) is 0 Å². The summed E-state index contributed by atoms with van der Waals surface area (Å²) >= 11 is 0. The summed E-state index contributed by atoms with van der Waals surface area (Å²) in [5.74, 6) is 1.08. The molecule has 94 valence electrons. The Morgan fingerprint density at radius 2 is 2.29 bits per heavy atom. The van der Waals surface area contributed by atoms with Crippen molar-refractivity contribution in [1.82, 2.24) is 10.2 Å². The summed E-state index contributed by atoms with van der Waals surface area (Å²) in [6.07, 6.45) is 2.26. The molecule has 0 saturated heterocycles. The van der Waals surface area contributed by atoms with Gasteiger partial charge in [0, 0.05) is 13.0 Å². The van der Waals surface area contributed by atoms with Gasteiger partial charge < -0.3 is 15.0 Å². The lowest BCUT2D eigenvalue weighted by Crippen LogP contribution is -2.22. The molecule has 0 radical (unpaired) electrons. The van der Waals surface area contributed by atoms with Crippen molar-refractivity contribution in [2.45, 2.75) is 19.4 Å². The molecule has 0 amide bonds. The lowest BCUT2D eigenvalue weighted by atomic mass is 10.1. The first kappa shape index (κ1) is 12.4. The molecule has 0 spiro atoms. The molecule has 1 heterocycles. The minimum absolute atomic E-state index is 0.844. The SMILES string of the molecule is CNCCCN(C)Cc1ccc2c(c1)CCO2. The maximum absolute atomic E-state index is 5.52. The molecular formula is C14H22N2O. The van der Waals surface area contributed by atoms with Gasteiger partial charge in [-0.25, -0.2) is 0 Å². The molecule has 1 aliphatic heterocycles. The molecule has 0 fully saturated rings. The third kappa shape index (κ3) is 3.45. The second kappa shape index (κ2) is 6.03. The van der Waals surface area contributed by atoms with Crippen molar-refractivity contribution in [3.8, 4) is 5.75 Å². The van der Waals surface area contributed by atoms with Crippen LogP contribution in [-0.2, 0) is 13.0 Å². The normalized spacial score (nSPS) is 13.8. The summed E-state index contributed by atoms with van der Waals surface area (Å²) in [7, 11) is 4.18. The lowest BCUT2D eigenvalue weighted by Gasteiger charge is -2.16. The van der Waals surface area contributed by atoms with Gasteiger partial charge in [-0.1, -0.05) is 12.1 Å². The maximum atomic E-state index is 5.52. The van der Waals surface area contributed by atoms with Crippen LogP contribution in [0.25, 0.3) is 0 Å². The largest absolute Gasteiger partial charge is 0.493 e. The number of hydrogen-bond acceptors (Lipinski definition) is 3. The van der Waals surface area contributed by atoms with Crippen LogP contribution in [0.2, 0.25) is 0 Å². The van der Waals surface area contributed by atoms with Gasteiger partial charge in [0.25, 0.3) is 0 Å². The van der Waals surface area contributed by atoms with Gasteiger partial charge in [-0.05, 0) is 50.8 Å². The summed E-state index contributed by atoms with van der Waals surface area (Å²) in [5.41, 5.74) is 2.76. The summed E-state index contributed by atoms with van der Waals surface area (Å²) in [6, 6.07) is 6.58. The second-order valence-electron chi connectivity index (χ2n) is 4.74. The molecule has 1 aromatic carbocycles. The van der Waals surface area contributed by atoms with Crippen LogP contribution in [0.4, 0.5) is 0 Å². The first-order valence-corrected chi connectivity index (χ1v) is 6.37. The van der Waals surface area contributed by atoms with Crippen molar-refractivity contribution in [1.29, 1.82) is 0 Å². The third-order valence-corrected chi connectivity index (χ3v) is 3.17. The van der Waals surface area contributed by atoms with Gasteiger partial charge in [0.2, 0.25) is 0 Å². The van der Waals surface area contributed by atoms with E-state index in [0.717, 1.165) is 38.4 Å². The predicted molar refractivity (Wildman–Crippen MR) is 70.5 cm³/mol. The molecule has 0 bridgehead atoms. The quantitative estimate of drug-likeness (QED) is 0.758. The van der Waals surface area contributed by atoms with E-state index in [1.165, 1.54) is 17.5 Å². The summed E-state index contributed by atoms with van der Waals surface area (Å²) < 4.78 is 5.52. The molecule has 3 nitrogen and oxygen atoms in total. The molecule has 1 N–H and O–H groups in total. The predicted octanol–water partition coefficient (Wildman–Crippen LogP) is 1.66.